The molecule has 0 saturated carbocycles. The van der Waals surface area contributed by atoms with Crippen molar-refractivity contribution in [2.24, 2.45) is 0 Å². The summed E-state index contributed by atoms with van der Waals surface area (Å²) < 4.78 is 42.3. The van der Waals surface area contributed by atoms with E-state index in [1.807, 2.05) is 0 Å². The molecule has 0 aliphatic rings. The summed E-state index contributed by atoms with van der Waals surface area (Å²) in [5, 5.41) is 9.46. The Balaban J connectivity index is 1.85. The summed E-state index contributed by atoms with van der Waals surface area (Å²) in [6.07, 6.45) is 3.30. The minimum atomic E-state index is -0.982. The van der Waals surface area contributed by atoms with Gasteiger partial charge in [-0.3, -0.25) is 4.40 Å². The van der Waals surface area contributed by atoms with Crippen molar-refractivity contribution >= 4 is 5.65 Å². The molecule has 0 atom stereocenters. The number of rotatable bonds is 3. The molecular formula is C18H12F3N5O. The lowest BCUT2D eigenvalue weighted by Crippen LogP contribution is -2.04. The Labute approximate surface area is 151 Å². The third-order valence-corrected chi connectivity index (χ3v) is 4.08. The monoisotopic (exact) mass is 371 g/mol. The molecule has 136 valence electrons. The van der Waals surface area contributed by atoms with Crippen molar-refractivity contribution in [3.05, 3.63) is 71.2 Å². The fourth-order valence-electron chi connectivity index (χ4n) is 2.67. The third kappa shape index (κ3) is 3.07. The Bertz CT molecular complexity index is 1180. The van der Waals surface area contributed by atoms with Gasteiger partial charge in [-0.15, -0.1) is 0 Å². The van der Waals surface area contributed by atoms with Gasteiger partial charge >= 0.3 is 0 Å². The normalized spacial score (nSPS) is 11.3. The van der Waals surface area contributed by atoms with Crippen LogP contribution in [0.25, 0.3) is 17.2 Å². The summed E-state index contributed by atoms with van der Waals surface area (Å²) >= 11 is 0. The molecule has 0 aliphatic heterocycles. The van der Waals surface area contributed by atoms with E-state index in [0.717, 1.165) is 16.8 Å². The fourth-order valence-corrected chi connectivity index (χ4v) is 2.67. The average Bonchev–Trinajstić information content (AvgIpc) is 3.02. The number of halogens is 3. The van der Waals surface area contributed by atoms with E-state index in [1.165, 1.54) is 12.3 Å². The van der Waals surface area contributed by atoms with Crippen LogP contribution >= 0.6 is 0 Å². The largest absolute Gasteiger partial charge is 0.491 e. The smallest absolute Gasteiger partial charge is 0.251 e. The van der Waals surface area contributed by atoms with Crippen LogP contribution in [-0.4, -0.2) is 29.4 Å². The highest BCUT2D eigenvalue weighted by Gasteiger charge is 2.16. The summed E-state index contributed by atoms with van der Waals surface area (Å²) in [5.74, 6) is -2.91. The van der Waals surface area contributed by atoms with Gasteiger partial charge in [0, 0.05) is 12.6 Å². The van der Waals surface area contributed by atoms with Crippen LogP contribution in [0.5, 0.6) is 5.88 Å². The zero-order valence-corrected chi connectivity index (χ0v) is 14.0. The summed E-state index contributed by atoms with van der Waals surface area (Å²) in [7, 11) is 0. The number of imidazole rings is 1. The van der Waals surface area contributed by atoms with Crippen molar-refractivity contribution in [2.75, 3.05) is 0 Å². The molecule has 6 nitrogen and oxygen atoms in total. The van der Waals surface area contributed by atoms with Crippen LogP contribution in [0.3, 0.4) is 0 Å². The number of aromatic hydroxyl groups is 1. The van der Waals surface area contributed by atoms with Gasteiger partial charge in [-0.1, -0.05) is 12.1 Å². The number of aromatic nitrogens is 5. The van der Waals surface area contributed by atoms with E-state index in [9.17, 15) is 18.3 Å². The molecule has 1 N–H and O–H groups in total. The molecule has 0 amide bonds. The maximum Gasteiger partial charge on any atom is 0.251 e. The fraction of sp³-hybridized carbons (Fsp3) is 0.111. The van der Waals surface area contributed by atoms with E-state index in [4.69, 9.17) is 0 Å². The molecule has 0 bridgehead atoms. The molecule has 0 unspecified atom stereocenters. The molecule has 1 aromatic carbocycles. The lowest BCUT2D eigenvalue weighted by atomic mass is 10.1. The molecule has 0 fully saturated rings. The first kappa shape index (κ1) is 17.0. The number of hydrogen-bond donors (Lipinski definition) is 1. The molecule has 0 spiro atoms. The first-order valence-corrected chi connectivity index (χ1v) is 7.92. The van der Waals surface area contributed by atoms with Crippen molar-refractivity contribution in [3.63, 3.8) is 0 Å². The summed E-state index contributed by atoms with van der Waals surface area (Å²) in [4.78, 5) is 15.8. The lowest BCUT2D eigenvalue weighted by Gasteiger charge is -2.08. The van der Waals surface area contributed by atoms with Crippen LogP contribution in [-0.2, 0) is 6.42 Å². The van der Waals surface area contributed by atoms with Gasteiger partial charge in [0.05, 0.1) is 18.1 Å². The molecule has 0 radical (unpaired) electrons. The zero-order chi connectivity index (χ0) is 19.1. The second-order valence-corrected chi connectivity index (χ2v) is 5.97. The number of hydrogen-bond acceptors (Lipinski definition) is 5. The van der Waals surface area contributed by atoms with Gasteiger partial charge in [-0.05, 0) is 24.1 Å². The maximum atomic E-state index is 14.1. The van der Waals surface area contributed by atoms with E-state index >= 15 is 0 Å². The van der Waals surface area contributed by atoms with Crippen molar-refractivity contribution in [1.29, 1.82) is 0 Å². The zero-order valence-electron chi connectivity index (χ0n) is 14.0. The highest BCUT2D eigenvalue weighted by Crippen LogP contribution is 2.22. The molecule has 3 aromatic heterocycles. The van der Waals surface area contributed by atoms with Gasteiger partial charge in [-0.2, -0.15) is 13.8 Å². The van der Waals surface area contributed by atoms with E-state index in [1.54, 1.807) is 19.1 Å². The minimum Gasteiger partial charge on any atom is -0.491 e. The van der Waals surface area contributed by atoms with Crippen molar-refractivity contribution < 1.29 is 18.3 Å². The van der Waals surface area contributed by atoms with Crippen LogP contribution in [0.1, 0.15) is 16.8 Å². The topological polar surface area (TPSA) is 76.2 Å². The molecule has 4 aromatic rings. The first-order chi connectivity index (χ1) is 12.9. The van der Waals surface area contributed by atoms with Gasteiger partial charge in [-0.25, -0.2) is 19.3 Å². The quantitative estimate of drug-likeness (QED) is 0.599. The van der Waals surface area contributed by atoms with Crippen molar-refractivity contribution in [2.45, 2.75) is 13.3 Å². The lowest BCUT2D eigenvalue weighted by molar-refractivity contribution is 0.409. The third-order valence-electron chi connectivity index (χ3n) is 4.08. The van der Waals surface area contributed by atoms with Crippen LogP contribution in [0.15, 0.2) is 36.8 Å². The van der Waals surface area contributed by atoms with Crippen LogP contribution < -0.4 is 0 Å². The standard InChI is InChI=1S/C18H12F3N5O/c1-9-2-3-10(4-11(9)19)5-13-17-23-7-15(21)26(17)8-14(24-13)16-22-6-12(20)18(27)25-16/h2-4,6-8H,5H2,1H3,(H,22,25,27). The molecular weight excluding hydrogens is 359 g/mol. The Kier molecular flexibility index (Phi) is 3.98. The second-order valence-electron chi connectivity index (χ2n) is 5.97. The summed E-state index contributed by atoms with van der Waals surface area (Å²) in [5.41, 5.74) is 1.84. The van der Waals surface area contributed by atoms with E-state index in [0.29, 0.717) is 16.8 Å². The minimum absolute atomic E-state index is 0.0831. The van der Waals surface area contributed by atoms with E-state index in [2.05, 4.69) is 19.9 Å². The molecule has 4 rings (SSSR count). The van der Waals surface area contributed by atoms with Crippen LogP contribution in [0.2, 0.25) is 0 Å². The highest BCUT2D eigenvalue weighted by atomic mass is 19.1. The highest BCUT2D eigenvalue weighted by molar-refractivity contribution is 5.56. The van der Waals surface area contributed by atoms with E-state index in [-0.39, 0.29) is 29.4 Å². The summed E-state index contributed by atoms with van der Waals surface area (Å²) in [6, 6.07) is 4.75. The number of benzene rings is 1. The number of nitrogens with zero attached hydrogens (tertiary/aromatic N) is 5. The first-order valence-electron chi connectivity index (χ1n) is 7.92. The molecule has 9 heteroatoms. The van der Waals surface area contributed by atoms with Gasteiger partial charge in [0.2, 0.25) is 11.8 Å². The van der Waals surface area contributed by atoms with E-state index < -0.39 is 17.6 Å². The van der Waals surface area contributed by atoms with Gasteiger partial charge in [0.25, 0.3) is 5.88 Å². The molecule has 0 saturated heterocycles. The Morgan fingerprint density at radius 2 is 1.85 bits per heavy atom. The molecule has 3 heterocycles. The molecule has 0 aliphatic carbocycles. The number of aryl methyl sites for hydroxylation is 1. The number of fused-ring (bicyclic) bond motifs is 1. The van der Waals surface area contributed by atoms with Gasteiger partial charge in [0.15, 0.2) is 11.5 Å². The second kappa shape index (κ2) is 6.35. The Hall–Kier alpha value is -3.49. The predicted molar refractivity (Wildman–Crippen MR) is 89.5 cm³/mol. The Morgan fingerprint density at radius 1 is 1.04 bits per heavy atom. The van der Waals surface area contributed by atoms with Crippen molar-refractivity contribution in [3.8, 4) is 17.4 Å². The Morgan fingerprint density at radius 3 is 2.59 bits per heavy atom. The SMILES string of the molecule is Cc1ccc(Cc2nc(-c3ncc(F)c(O)n3)cn3c(F)cnc23)cc1F. The van der Waals surface area contributed by atoms with Gasteiger partial charge in [0.1, 0.15) is 11.5 Å². The average molecular weight is 371 g/mol. The maximum absolute atomic E-state index is 14.1. The van der Waals surface area contributed by atoms with Crippen LogP contribution in [0.4, 0.5) is 13.2 Å². The molecule has 27 heavy (non-hydrogen) atoms. The predicted octanol–water partition coefficient (Wildman–Crippen LogP) is 3.21. The summed E-state index contributed by atoms with van der Waals surface area (Å²) in [6.45, 7) is 1.65. The van der Waals surface area contributed by atoms with Crippen molar-refractivity contribution in [1.82, 2.24) is 24.3 Å². The van der Waals surface area contributed by atoms with Crippen LogP contribution in [0, 0.1) is 24.5 Å². The van der Waals surface area contributed by atoms with Gasteiger partial charge < -0.3 is 5.11 Å².